The van der Waals surface area contributed by atoms with Crippen molar-refractivity contribution in [2.45, 2.75) is 20.3 Å². The Bertz CT molecular complexity index is 154. The second-order valence-corrected chi connectivity index (χ2v) is 4.88. The van der Waals surface area contributed by atoms with Crippen LogP contribution in [0.25, 0.3) is 0 Å². The summed E-state index contributed by atoms with van der Waals surface area (Å²) in [7, 11) is 1.78. The van der Waals surface area contributed by atoms with E-state index in [1.165, 1.54) is 45.7 Å². The number of ether oxygens (including phenoxy) is 1. The van der Waals surface area contributed by atoms with Crippen LogP contribution >= 0.6 is 0 Å². The third-order valence-corrected chi connectivity index (χ3v) is 2.91. The van der Waals surface area contributed by atoms with Crippen LogP contribution in [-0.4, -0.2) is 62.8 Å². The number of nitrogens with zero attached hydrogens (tertiary/aromatic N) is 2. The quantitative estimate of drug-likeness (QED) is 0.620. The zero-order chi connectivity index (χ0) is 11.1. The van der Waals surface area contributed by atoms with Gasteiger partial charge in [-0.2, -0.15) is 0 Å². The molecule has 0 saturated carbocycles. The predicted molar refractivity (Wildman–Crippen MR) is 64.2 cm³/mol. The second-order valence-electron chi connectivity index (χ2n) is 4.88. The summed E-state index contributed by atoms with van der Waals surface area (Å²) in [5, 5.41) is 0. The van der Waals surface area contributed by atoms with Crippen LogP contribution in [0.2, 0.25) is 0 Å². The molecular weight excluding hydrogens is 188 g/mol. The van der Waals surface area contributed by atoms with Crippen molar-refractivity contribution in [2.75, 3.05) is 53.0 Å². The van der Waals surface area contributed by atoms with Crippen LogP contribution in [0, 0.1) is 5.92 Å². The van der Waals surface area contributed by atoms with E-state index in [2.05, 4.69) is 23.6 Å². The molecule has 1 rings (SSSR count). The highest BCUT2D eigenvalue weighted by Gasteiger charge is 2.16. The van der Waals surface area contributed by atoms with Crippen molar-refractivity contribution in [3.05, 3.63) is 0 Å². The van der Waals surface area contributed by atoms with E-state index in [-0.39, 0.29) is 0 Å². The molecule has 0 aromatic rings. The average Bonchev–Trinajstić information content (AvgIpc) is 2.20. The lowest BCUT2D eigenvalue weighted by atomic mass is 10.2. The first-order valence-electron chi connectivity index (χ1n) is 6.16. The first kappa shape index (κ1) is 12.9. The van der Waals surface area contributed by atoms with Gasteiger partial charge in [-0.05, 0) is 12.3 Å². The molecule has 0 aromatic carbocycles. The van der Waals surface area contributed by atoms with Crippen LogP contribution in [0.3, 0.4) is 0 Å². The van der Waals surface area contributed by atoms with Gasteiger partial charge >= 0.3 is 0 Å². The lowest BCUT2D eigenvalue weighted by Crippen LogP contribution is -2.47. The van der Waals surface area contributed by atoms with Gasteiger partial charge in [0.1, 0.15) is 0 Å². The molecule has 0 amide bonds. The molecule has 90 valence electrons. The molecule has 1 fully saturated rings. The van der Waals surface area contributed by atoms with Crippen LogP contribution in [-0.2, 0) is 4.74 Å². The summed E-state index contributed by atoms with van der Waals surface area (Å²) in [6.45, 7) is 12.9. The zero-order valence-corrected chi connectivity index (χ0v) is 10.5. The Balaban J connectivity index is 2.07. The maximum atomic E-state index is 5.07. The molecule has 1 aliphatic heterocycles. The van der Waals surface area contributed by atoms with Crippen molar-refractivity contribution in [3.63, 3.8) is 0 Å². The molecule has 0 aromatic heterocycles. The van der Waals surface area contributed by atoms with Crippen LogP contribution in [0.4, 0.5) is 0 Å². The number of hydrogen-bond donors (Lipinski definition) is 0. The highest BCUT2D eigenvalue weighted by molar-refractivity contribution is 4.72. The van der Waals surface area contributed by atoms with Gasteiger partial charge in [0.05, 0.1) is 0 Å². The second kappa shape index (κ2) is 7.20. The average molecular weight is 214 g/mol. The van der Waals surface area contributed by atoms with Crippen molar-refractivity contribution in [1.29, 1.82) is 0 Å². The highest BCUT2D eigenvalue weighted by Crippen LogP contribution is 2.05. The van der Waals surface area contributed by atoms with E-state index in [0.717, 1.165) is 12.5 Å². The van der Waals surface area contributed by atoms with Crippen LogP contribution in [0.15, 0.2) is 0 Å². The molecule has 15 heavy (non-hydrogen) atoms. The molecular formula is C12H26N2O. The number of hydrogen-bond acceptors (Lipinski definition) is 3. The fraction of sp³-hybridized carbons (Fsp3) is 1.00. The highest BCUT2D eigenvalue weighted by atomic mass is 16.5. The summed E-state index contributed by atoms with van der Waals surface area (Å²) < 4.78 is 5.07. The minimum Gasteiger partial charge on any atom is -0.385 e. The molecule has 0 radical (unpaired) electrons. The van der Waals surface area contributed by atoms with Gasteiger partial charge in [-0.15, -0.1) is 0 Å². The van der Waals surface area contributed by atoms with Gasteiger partial charge < -0.3 is 14.5 Å². The summed E-state index contributed by atoms with van der Waals surface area (Å²) in [5.41, 5.74) is 0. The maximum Gasteiger partial charge on any atom is 0.0474 e. The first-order chi connectivity index (χ1) is 7.22. The smallest absolute Gasteiger partial charge is 0.0474 e. The van der Waals surface area contributed by atoms with Gasteiger partial charge in [-0.1, -0.05) is 13.8 Å². The Kier molecular flexibility index (Phi) is 6.22. The summed E-state index contributed by atoms with van der Waals surface area (Å²) in [6.07, 6.45) is 1.17. The van der Waals surface area contributed by atoms with Crippen molar-refractivity contribution in [2.24, 2.45) is 5.92 Å². The van der Waals surface area contributed by atoms with Gasteiger partial charge in [0.2, 0.25) is 0 Å². The first-order valence-corrected chi connectivity index (χ1v) is 6.16. The topological polar surface area (TPSA) is 15.7 Å². The normalized spacial score (nSPS) is 20.0. The summed E-state index contributed by atoms with van der Waals surface area (Å²) in [4.78, 5) is 5.13. The lowest BCUT2D eigenvalue weighted by molar-refractivity contribution is 0.109. The molecule has 1 saturated heterocycles. The maximum absolute atomic E-state index is 5.07. The van der Waals surface area contributed by atoms with Gasteiger partial charge in [0, 0.05) is 53.0 Å². The van der Waals surface area contributed by atoms with E-state index >= 15 is 0 Å². The van der Waals surface area contributed by atoms with E-state index in [9.17, 15) is 0 Å². The molecule has 0 aliphatic carbocycles. The molecule has 0 spiro atoms. The lowest BCUT2D eigenvalue weighted by Gasteiger charge is -2.35. The van der Waals surface area contributed by atoms with Gasteiger partial charge in [0.15, 0.2) is 0 Å². The summed E-state index contributed by atoms with van der Waals surface area (Å²) in [6, 6.07) is 0. The summed E-state index contributed by atoms with van der Waals surface area (Å²) in [5.74, 6) is 0.796. The minimum absolute atomic E-state index is 0.796. The molecule has 0 unspecified atom stereocenters. The summed E-state index contributed by atoms with van der Waals surface area (Å²) >= 11 is 0. The van der Waals surface area contributed by atoms with Crippen LogP contribution in [0.5, 0.6) is 0 Å². The van der Waals surface area contributed by atoms with Crippen molar-refractivity contribution >= 4 is 0 Å². The van der Waals surface area contributed by atoms with Gasteiger partial charge in [-0.3, -0.25) is 0 Å². The largest absolute Gasteiger partial charge is 0.385 e. The van der Waals surface area contributed by atoms with Crippen LogP contribution < -0.4 is 0 Å². The molecule has 3 heteroatoms. The van der Waals surface area contributed by atoms with E-state index in [1.54, 1.807) is 7.11 Å². The number of methoxy groups -OCH3 is 1. The molecule has 0 bridgehead atoms. The Morgan fingerprint density at radius 3 is 2.20 bits per heavy atom. The van der Waals surface area contributed by atoms with Gasteiger partial charge in [-0.25, -0.2) is 0 Å². The number of piperazine rings is 1. The molecule has 0 atom stereocenters. The fourth-order valence-corrected chi connectivity index (χ4v) is 2.14. The third kappa shape index (κ3) is 5.50. The Morgan fingerprint density at radius 2 is 1.67 bits per heavy atom. The monoisotopic (exact) mass is 214 g/mol. The van der Waals surface area contributed by atoms with Crippen molar-refractivity contribution < 1.29 is 4.74 Å². The van der Waals surface area contributed by atoms with Gasteiger partial charge in [0.25, 0.3) is 0 Å². The SMILES string of the molecule is COCCCN1CCN(CC(C)C)CC1. The zero-order valence-electron chi connectivity index (χ0n) is 10.5. The third-order valence-electron chi connectivity index (χ3n) is 2.91. The molecule has 0 N–H and O–H groups in total. The molecule has 1 aliphatic rings. The Morgan fingerprint density at radius 1 is 1.07 bits per heavy atom. The van der Waals surface area contributed by atoms with Crippen molar-refractivity contribution in [1.82, 2.24) is 9.80 Å². The minimum atomic E-state index is 0.796. The van der Waals surface area contributed by atoms with E-state index < -0.39 is 0 Å². The number of rotatable bonds is 6. The Labute approximate surface area is 94.4 Å². The van der Waals surface area contributed by atoms with E-state index in [0.29, 0.717) is 0 Å². The fourth-order valence-electron chi connectivity index (χ4n) is 2.14. The molecule has 3 nitrogen and oxygen atoms in total. The van der Waals surface area contributed by atoms with E-state index in [1.807, 2.05) is 0 Å². The van der Waals surface area contributed by atoms with Crippen LogP contribution in [0.1, 0.15) is 20.3 Å². The molecule has 1 heterocycles. The standard InChI is InChI=1S/C12H26N2O/c1-12(2)11-14-8-6-13(7-9-14)5-4-10-15-3/h12H,4-11H2,1-3H3. The predicted octanol–water partition coefficient (Wildman–Crippen LogP) is 1.30. The van der Waals surface area contributed by atoms with E-state index in [4.69, 9.17) is 4.74 Å². The Hall–Kier alpha value is -0.120. The van der Waals surface area contributed by atoms with Crippen molar-refractivity contribution in [3.8, 4) is 0 Å².